The van der Waals surface area contributed by atoms with Crippen molar-refractivity contribution in [3.8, 4) is 11.4 Å². The van der Waals surface area contributed by atoms with Gasteiger partial charge in [0.2, 0.25) is 0 Å². The summed E-state index contributed by atoms with van der Waals surface area (Å²) < 4.78 is 2.75. The average Bonchev–Trinajstić information content (AvgIpc) is 3.21. The topological polar surface area (TPSA) is 90.0 Å². The SMILES string of the molecule is CNc1ccc(CONc2cccc(-n3c(=S)[nH][nH]c3=S)c2)cc1CCC=Cc1ccc(O)cc1. The van der Waals surface area contributed by atoms with Crippen molar-refractivity contribution in [1.29, 1.82) is 0 Å². The predicted molar refractivity (Wildman–Crippen MR) is 146 cm³/mol. The maximum Gasteiger partial charge on any atom is 0.198 e. The van der Waals surface area contributed by atoms with Crippen LogP contribution in [-0.4, -0.2) is 26.9 Å². The number of aromatic amines is 2. The zero-order chi connectivity index (χ0) is 24.6. The second kappa shape index (κ2) is 11.7. The van der Waals surface area contributed by atoms with Crippen LogP contribution in [0.2, 0.25) is 0 Å². The van der Waals surface area contributed by atoms with Crippen LogP contribution in [0.5, 0.6) is 5.75 Å². The molecule has 0 fully saturated rings. The highest BCUT2D eigenvalue weighted by atomic mass is 32.1. The molecule has 35 heavy (non-hydrogen) atoms. The molecule has 0 aliphatic rings. The first-order valence-electron chi connectivity index (χ1n) is 11.2. The van der Waals surface area contributed by atoms with Crippen molar-refractivity contribution >= 4 is 41.9 Å². The molecule has 0 saturated heterocycles. The van der Waals surface area contributed by atoms with Crippen LogP contribution in [0.15, 0.2) is 72.8 Å². The normalized spacial score (nSPS) is 11.1. The van der Waals surface area contributed by atoms with Crippen molar-refractivity contribution in [1.82, 2.24) is 14.8 Å². The molecular weight excluding hydrogens is 478 g/mol. The third kappa shape index (κ3) is 6.48. The number of phenolic OH excluding ortho intramolecular Hbond substituents is 1. The lowest BCUT2D eigenvalue weighted by molar-refractivity contribution is 0.180. The number of benzene rings is 3. The van der Waals surface area contributed by atoms with E-state index in [-0.39, 0.29) is 5.75 Å². The molecule has 0 saturated carbocycles. The molecule has 5 N–H and O–H groups in total. The molecule has 0 unspecified atom stereocenters. The van der Waals surface area contributed by atoms with E-state index in [1.54, 1.807) is 16.7 Å². The number of hydrogen-bond acceptors (Lipinski definition) is 6. The van der Waals surface area contributed by atoms with Gasteiger partial charge in [0.05, 0.1) is 18.0 Å². The molecule has 0 aliphatic heterocycles. The molecule has 0 aliphatic carbocycles. The fourth-order valence-electron chi connectivity index (χ4n) is 3.69. The standard InChI is InChI=1S/C26H27N5O2S2/c1-27-24-14-11-19(15-20(24)6-3-2-5-18-9-12-23(32)13-10-18)17-33-30-21-7-4-8-22(16-21)31-25(34)28-29-26(31)35/h2,4-5,7-16,27,30,32H,3,6,17H2,1H3,(H,28,34)(H,29,35). The fourth-order valence-corrected chi connectivity index (χ4v) is 4.24. The highest BCUT2D eigenvalue weighted by molar-refractivity contribution is 7.72. The van der Waals surface area contributed by atoms with Gasteiger partial charge in [-0.15, -0.1) is 0 Å². The molecule has 0 atom stereocenters. The van der Waals surface area contributed by atoms with Gasteiger partial charge in [0, 0.05) is 12.7 Å². The molecule has 3 aromatic carbocycles. The lowest BCUT2D eigenvalue weighted by Crippen LogP contribution is -2.04. The lowest BCUT2D eigenvalue weighted by atomic mass is 10.0. The monoisotopic (exact) mass is 505 g/mol. The predicted octanol–water partition coefficient (Wildman–Crippen LogP) is 6.53. The van der Waals surface area contributed by atoms with Crippen LogP contribution in [0.3, 0.4) is 0 Å². The van der Waals surface area contributed by atoms with Gasteiger partial charge in [-0.3, -0.25) is 25.1 Å². The summed E-state index contributed by atoms with van der Waals surface area (Å²) in [5.41, 5.74) is 9.11. The third-order valence-electron chi connectivity index (χ3n) is 5.44. The molecule has 4 rings (SSSR count). The third-order valence-corrected chi connectivity index (χ3v) is 6.01. The number of H-pyrrole nitrogens is 2. The highest BCUT2D eigenvalue weighted by Gasteiger charge is 2.05. The fraction of sp³-hybridized carbons (Fsp3) is 0.154. The zero-order valence-electron chi connectivity index (χ0n) is 19.2. The van der Waals surface area contributed by atoms with Gasteiger partial charge in [-0.25, -0.2) is 0 Å². The Balaban J connectivity index is 1.35. The van der Waals surface area contributed by atoms with E-state index in [2.05, 4.69) is 51.3 Å². The van der Waals surface area contributed by atoms with Gasteiger partial charge in [0.15, 0.2) is 9.54 Å². The van der Waals surface area contributed by atoms with E-state index in [4.69, 9.17) is 29.3 Å². The van der Waals surface area contributed by atoms with Crippen molar-refractivity contribution in [2.75, 3.05) is 17.8 Å². The van der Waals surface area contributed by atoms with Crippen molar-refractivity contribution in [2.45, 2.75) is 19.4 Å². The van der Waals surface area contributed by atoms with Crippen LogP contribution >= 0.6 is 24.4 Å². The Morgan fingerprint density at radius 3 is 2.51 bits per heavy atom. The molecule has 9 heteroatoms. The zero-order valence-corrected chi connectivity index (χ0v) is 20.9. The second-order valence-electron chi connectivity index (χ2n) is 7.91. The molecule has 0 amide bonds. The van der Waals surface area contributed by atoms with Gasteiger partial charge < -0.3 is 10.4 Å². The van der Waals surface area contributed by atoms with Crippen LogP contribution < -0.4 is 10.8 Å². The quantitative estimate of drug-likeness (QED) is 0.124. The number of nitrogens with zero attached hydrogens (tertiary/aromatic N) is 1. The van der Waals surface area contributed by atoms with Crippen LogP contribution in [0.4, 0.5) is 11.4 Å². The van der Waals surface area contributed by atoms with E-state index >= 15 is 0 Å². The maximum atomic E-state index is 9.40. The average molecular weight is 506 g/mol. The number of nitrogens with one attached hydrogen (secondary N) is 4. The summed E-state index contributed by atoms with van der Waals surface area (Å²) in [7, 11) is 1.93. The van der Waals surface area contributed by atoms with Gasteiger partial charge in [0.25, 0.3) is 0 Å². The summed E-state index contributed by atoms with van der Waals surface area (Å²) in [5.74, 6) is 0.274. The largest absolute Gasteiger partial charge is 0.508 e. The van der Waals surface area contributed by atoms with Gasteiger partial charge in [-0.1, -0.05) is 42.5 Å². The van der Waals surface area contributed by atoms with E-state index in [1.807, 2.05) is 43.4 Å². The number of rotatable bonds is 10. The molecule has 1 aromatic heterocycles. The first-order valence-corrected chi connectivity index (χ1v) is 12.0. The van der Waals surface area contributed by atoms with Crippen LogP contribution in [0.25, 0.3) is 11.8 Å². The van der Waals surface area contributed by atoms with E-state index in [0.29, 0.717) is 16.1 Å². The van der Waals surface area contributed by atoms with Gasteiger partial charge in [0.1, 0.15) is 5.75 Å². The summed E-state index contributed by atoms with van der Waals surface area (Å²) in [4.78, 5) is 5.78. The van der Waals surface area contributed by atoms with E-state index < -0.39 is 0 Å². The minimum atomic E-state index is 0.274. The number of aromatic nitrogens is 3. The first-order chi connectivity index (χ1) is 17.0. The Morgan fingerprint density at radius 1 is 1.00 bits per heavy atom. The molecule has 1 heterocycles. The van der Waals surface area contributed by atoms with Crippen molar-refractivity contribution in [2.24, 2.45) is 0 Å². The van der Waals surface area contributed by atoms with Crippen molar-refractivity contribution in [3.05, 3.63) is 99.0 Å². The Hall–Kier alpha value is -3.66. The number of phenols is 1. The second-order valence-corrected chi connectivity index (χ2v) is 8.68. The molecule has 180 valence electrons. The highest BCUT2D eigenvalue weighted by Crippen LogP contribution is 2.21. The number of aryl methyl sites for hydroxylation is 1. The van der Waals surface area contributed by atoms with E-state index in [9.17, 15) is 5.11 Å². The Kier molecular flexibility index (Phi) is 8.15. The molecule has 0 bridgehead atoms. The van der Waals surface area contributed by atoms with Gasteiger partial charge in [-0.05, 0) is 90.4 Å². The number of anilines is 2. The Morgan fingerprint density at radius 2 is 1.77 bits per heavy atom. The smallest absolute Gasteiger partial charge is 0.198 e. The molecule has 4 aromatic rings. The molecule has 0 radical (unpaired) electrons. The number of allylic oxidation sites excluding steroid dienone is 1. The maximum absolute atomic E-state index is 9.40. The van der Waals surface area contributed by atoms with E-state index in [1.165, 1.54) is 5.56 Å². The summed E-state index contributed by atoms with van der Waals surface area (Å²) >= 11 is 10.6. The summed E-state index contributed by atoms with van der Waals surface area (Å²) in [6.45, 7) is 0.411. The van der Waals surface area contributed by atoms with Crippen molar-refractivity contribution < 1.29 is 9.94 Å². The van der Waals surface area contributed by atoms with Gasteiger partial charge in [-0.2, -0.15) is 0 Å². The van der Waals surface area contributed by atoms with Crippen LogP contribution in [0.1, 0.15) is 23.1 Å². The Labute approximate surface area is 214 Å². The number of hydrogen-bond donors (Lipinski definition) is 5. The molecule has 0 spiro atoms. The summed E-state index contributed by atoms with van der Waals surface area (Å²) in [6.07, 6.45) is 6.00. The molecular formula is C26H27N5O2S2. The summed E-state index contributed by atoms with van der Waals surface area (Å²) in [6, 6.07) is 21.1. The van der Waals surface area contributed by atoms with Gasteiger partial charge >= 0.3 is 0 Å². The molecule has 7 nitrogen and oxygen atoms in total. The van der Waals surface area contributed by atoms with Crippen LogP contribution in [0, 0.1) is 9.54 Å². The number of aromatic hydroxyl groups is 1. The van der Waals surface area contributed by atoms with Crippen molar-refractivity contribution in [3.63, 3.8) is 0 Å². The lowest BCUT2D eigenvalue weighted by Gasteiger charge is -2.12. The Bertz CT molecular complexity index is 1390. The first kappa shape index (κ1) is 24.5. The summed E-state index contributed by atoms with van der Waals surface area (Å²) in [5, 5.41) is 18.3. The minimum absolute atomic E-state index is 0.274. The van der Waals surface area contributed by atoms with Crippen LogP contribution in [-0.2, 0) is 17.9 Å². The minimum Gasteiger partial charge on any atom is -0.508 e. The van der Waals surface area contributed by atoms with E-state index in [0.717, 1.165) is 41.0 Å².